The second kappa shape index (κ2) is 8.27. The van der Waals surface area contributed by atoms with Gasteiger partial charge in [-0.15, -0.1) is 0 Å². The van der Waals surface area contributed by atoms with Crippen LogP contribution in [-0.4, -0.2) is 42.2 Å². The van der Waals surface area contributed by atoms with Crippen LogP contribution in [-0.2, 0) is 6.42 Å². The van der Waals surface area contributed by atoms with E-state index in [1.165, 1.54) is 0 Å². The van der Waals surface area contributed by atoms with Gasteiger partial charge in [0.05, 0.1) is 12.1 Å². The average molecular weight is 389 g/mol. The van der Waals surface area contributed by atoms with Crippen LogP contribution in [0.25, 0.3) is 0 Å². The van der Waals surface area contributed by atoms with Crippen molar-refractivity contribution in [1.29, 1.82) is 0 Å². The maximum atomic E-state index is 13.0. The van der Waals surface area contributed by atoms with Gasteiger partial charge < -0.3 is 19.5 Å². The van der Waals surface area contributed by atoms with Crippen LogP contribution >= 0.6 is 0 Å². The number of phenolic OH excluding ortho intramolecular Hbond substituents is 1. The van der Waals surface area contributed by atoms with E-state index in [4.69, 9.17) is 9.47 Å². The Bertz CT molecular complexity index is 1000. The standard InChI is InChI=1S/C24H23NO4/c1-25(15-19-16-28-22-9-5-6-10-23(22)29-19)24(27)20-14-18(11-12-21(20)26)13-17-7-3-2-4-8-17/h2-12,14,19,26H,13,15-16H2,1H3/t19-/m0/s1. The number of likely N-dealkylation sites (N-methyl/N-ethyl adjacent to an activating group) is 1. The number of amides is 1. The van der Waals surface area contributed by atoms with E-state index < -0.39 is 0 Å². The molecule has 1 amide bonds. The summed E-state index contributed by atoms with van der Waals surface area (Å²) in [6.45, 7) is 0.726. The van der Waals surface area contributed by atoms with Crippen molar-refractivity contribution < 1.29 is 19.4 Å². The fourth-order valence-corrected chi connectivity index (χ4v) is 3.44. The van der Waals surface area contributed by atoms with E-state index in [1.54, 1.807) is 24.1 Å². The van der Waals surface area contributed by atoms with E-state index in [0.717, 1.165) is 11.1 Å². The molecular weight excluding hydrogens is 366 g/mol. The molecule has 0 aliphatic carbocycles. The zero-order chi connectivity index (χ0) is 20.2. The molecule has 1 heterocycles. The molecule has 0 bridgehead atoms. The third kappa shape index (κ3) is 4.35. The highest BCUT2D eigenvalue weighted by Gasteiger charge is 2.25. The third-order valence-corrected chi connectivity index (χ3v) is 4.93. The van der Waals surface area contributed by atoms with Crippen molar-refractivity contribution in [3.05, 3.63) is 89.5 Å². The number of fused-ring (bicyclic) bond motifs is 1. The van der Waals surface area contributed by atoms with Gasteiger partial charge in [-0.05, 0) is 41.8 Å². The minimum absolute atomic E-state index is 0.0233. The van der Waals surface area contributed by atoms with Gasteiger partial charge in [-0.1, -0.05) is 48.5 Å². The first-order chi connectivity index (χ1) is 14.1. The molecule has 0 spiro atoms. The first-order valence-electron chi connectivity index (χ1n) is 9.60. The number of benzene rings is 3. The van der Waals surface area contributed by atoms with E-state index in [9.17, 15) is 9.90 Å². The quantitative estimate of drug-likeness (QED) is 0.719. The molecular formula is C24H23NO4. The van der Waals surface area contributed by atoms with Crippen molar-refractivity contribution in [3.8, 4) is 17.2 Å². The molecule has 3 aromatic rings. The highest BCUT2D eigenvalue weighted by Crippen LogP contribution is 2.31. The summed E-state index contributed by atoms with van der Waals surface area (Å²) in [6, 6.07) is 22.7. The molecule has 0 saturated heterocycles. The monoisotopic (exact) mass is 389 g/mol. The molecule has 0 saturated carbocycles. The van der Waals surface area contributed by atoms with Crippen molar-refractivity contribution in [2.24, 2.45) is 0 Å². The molecule has 5 heteroatoms. The lowest BCUT2D eigenvalue weighted by Gasteiger charge is -2.29. The van der Waals surface area contributed by atoms with Crippen LogP contribution in [0.1, 0.15) is 21.5 Å². The Labute approximate surface area is 170 Å². The predicted octanol–water partition coefficient (Wildman–Crippen LogP) is 3.90. The Balaban J connectivity index is 1.45. The Kier molecular flexibility index (Phi) is 5.38. The zero-order valence-electron chi connectivity index (χ0n) is 16.2. The fourth-order valence-electron chi connectivity index (χ4n) is 3.44. The van der Waals surface area contributed by atoms with Gasteiger partial charge in [-0.2, -0.15) is 0 Å². The van der Waals surface area contributed by atoms with Crippen LogP contribution in [0.2, 0.25) is 0 Å². The van der Waals surface area contributed by atoms with E-state index in [2.05, 4.69) is 0 Å². The Morgan fingerprint density at radius 1 is 1.00 bits per heavy atom. The van der Waals surface area contributed by atoms with Crippen LogP contribution < -0.4 is 9.47 Å². The first-order valence-corrected chi connectivity index (χ1v) is 9.60. The zero-order valence-corrected chi connectivity index (χ0v) is 16.2. The van der Waals surface area contributed by atoms with Gasteiger partial charge in [0.1, 0.15) is 12.4 Å². The van der Waals surface area contributed by atoms with E-state index in [0.29, 0.717) is 31.1 Å². The second-order valence-corrected chi connectivity index (χ2v) is 7.20. The lowest BCUT2D eigenvalue weighted by atomic mass is 10.0. The normalized spacial score (nSPS) is 15.0. The molecule has 0 fully saturated rings. The van der Waals surface area contributed by atoms with Gasteiger partial charge in [-0.3, -0.25) is 4.79 Å². The third-order valence-electron chi connectivity index (χ3n) is 4.93. The average Bonchev–Trinajstić information content (AvgIpc) is 2.75. The van der Waals surface area contributed by atoms with E-state index in [1.807, 2.05) is 60.7 Å². The summed E-state index contributed by atoms with van der Waals surface area (Å²) >= 11 is 0. The van der Waals surface area contributed by atoms with Crippen LogP contribution in [0.15, 0.2) is 72.8 Å². The van der Waals surface area contributed by atoms with E-state index in [-0.39, 0.29) is 23.3 Å². The van der Waals surface area contributed by atoms with Crippen molar-refractivity contribution in [2.75, 3.05) is 20.2 Å². The Morgan fingerprint density at radius 3 is 2.52 bits per heavy atom. The maximum absolute atomic E-state index is 13.0. The molecule has 0 unspecified atom stereocenters. The summed E-state index contributed by atoms with van der Waals surface area (Å²) < 4.78 is 11.7. The number of rotatable bonds is 5. The van der Waals surface area contributed by atoms with Crippen molar-refractivity contribution in [2.45, 2.75) is 12.5 Å². The summed E-state index contributed by atoms with van der Waals surface area (Å²) in [4.78, 5) is 14.5. The summed E-state index contributed by atoms with van der Waals surface area (Å²) in [5.74, 6) is 1.12. The van der Waals surface area contributed by atoms with Gasteiger partial charge in [0.15, 0.2) is 17.6 Å². The number of nitrogens with zero attached hydrogens (tertiary/aromatic N) is 1. The lowest BCUT2D eigenvalue weighted by molar-refractivity contribution is 0.0519. The summed E-state index contributed by atoms with van der Waals surface area (Å²) in [6.07, 6.45) is 0.426. The van der Waals surface area contributed by atoms with Gasteiger partial charge in [-0.25, -0.2) is 0 Å². The summed E-state index contributed by atoms with van der Waals surface area (Å²) in [5, 5.41) is 10.3. The number of phenols is 1. The molecule has 1 N–H and O–H groups in total. The molecule has 148 valence electrons. The molecule has 29 heavy (non-hydrogen) atoms. The SMILES string of the molecule is CN(C[C@H]1COc2ccccc2O1)C(=O)c1cc(Cc2ccccc2)ccc1O. The van der Waals surface area contributed by atoms with Crippen LogP contribution in [0.4, 0.5) is 0 Å². The molecule has 1 atom stereocenters. The minimum atomic E-state index is -0.270. The predicted molar refractivity (Wildman–Crippen MR) is 111 cm³/mol. The number of hydrogen-bond donors (Lipinski definition) is 1. The van der Waals surface area contributed by atoms with Crippen LogP contribution in [0.3, 0.4) is 0 Å². The largest absolute Gasteiger partial charge is 0.507 e. The highest BCUT2D eigenvalue weighted by molar-refractivity contribution is 5.96. The molecule has 1 aliphatic rings. The van der Waals surface area contributed by atoms with Crippen molar-refractivity contribution >= 4 is 5.91 Å². The van der Waals surface area contributed by atoms with Crippen molar-refractivity contribution in [3.63, 3.8) is 0 Å². The molecule has 1 aliphatic heterocycles. The number of carbonyl (C=O) groups is 1. The number of aromatic hydroxyl groups is 1. The molecule has 0 radical (unpaired) electrons. The maximum Gasteiger partial charge on any atom is 0.257 e. The number of carbonyl (C=O) groups excluding carboxylic acids is 1. The topological polar surface area (TPSA) is 59.0 Å². The molecule has 3 aromatic carbocycles. The summed E-state index contributed by atoms with van der Waals surface area (Å²) in [7, 11) is 1.70. The van der Waals surface area contributed by atoms with Gasteiger partial charge in [0, 0.05) is 7.05 Å². The number of hydrogen-bond acceptors (Lipinski definition) is 4. The molecule has 4 rings (SSSR count). The van der Waals surface area contributed by atoms with Crippen LogP contribution in [0, 0.1) is 0 Å². The number of para-hydroxylation sites is 2. The summed E-state index contributed by atoms with van der Waals surface area (Å²) in [5.41, 5.74) is 2.41. The Hall–Kier alpha value is -3.47. The van der Waals surface area contributed by atoms with Crippen molar-refractivity contribution in [1.82, 2.24) is 4.90 Å². The fraction of sp³-hybridized carbons (Fsp3) is 0.208. The van der Waals surface area contributed by atoms with Gasteiger partial charge >= 0.3 is 0 Å². The molecule has 0 aromatic heterocycles. The Morgan fingerprint density at radius 2 is 1.72 bits per heavy atom. The first kappa shape index (κ1) is 18.9. The highest BCUT2D eigenvalue weighted by atomic mass is 16.6. The van der Waals surface area contributed by atoms with E-state index >= 15 is 0 Å². The van der Waals surface area contributed by atoms with Gasteiger partial charge in [0.25, 0.3) is 5.91 Å². The lowest BCUT2D eigenvalue weighted by Crippen LogP contribution is -2.41. The smallest absolute Gasteiger partial charge is 0.257 e. The second-order valence-electron chi connectivity index (χ2n) is 7.20. The van der Waals surface area contributed by atoms with Gasteiger partial charge in [0.2, 0.25) is 0 Å². The van der Waals surface area contributed by atoms with Crippen LogP contribution in [0.5, 0.6) is 17.2 Å². The molecule has 5 nitrogen and oxygen atoms in total. The number of ether oxygens (including phenoxy) is 2. The minimum Gasteiger partial charge on any atom is -0.507 e.